The molecule has 0 amide bonds. The average molecular weight is 308 g/mol. The Balaban J connectivity index is 2.01. The van der Waals surface area contributed by atoms with E-state index in [0.29, 0.717) is 0 Å². The van der Waals surface area contributed by atoms with Crippen LogP contribution in [0.3, 0.4) is 0 Å². The largest absolute Gasteiger partial charge is 0.244 e. The zero-order valence-corrected chi connectivity index (χ0v) is 13.4. The highest BCUT2D eigenvalue weighted by Crippen LogP contribution is 2.31. The van der Waals surface area contributed by atoms with Gasteiger partial charge in [-0.2, -0.15) is 0 Å². The van der Waals surface area contributed by atoms with Gasteiger partial charge in [0.25, 0.3) is 0 Å². The van der Waals surface area contributed by atoms with Crippen molar-refractivity contribution in [2.75, 3.05) is 0 Å². The number of nitrogens with zero attached hydrogens (tertiary/aromatic N) is 2. The highest BCUT2D eigenvalue weighted by atomic mass is 14.8. The molecule has 4 rings (SSSR count). The molecule has 0 unspecified atom stereocenters. The number of hydrogen-bond donors (Lipinski definition) is 0. The van der Waals surface area contributed by atoms with Crippen molar-refractivity contribution >= 4 is 12.2 Å². The van der Waals surface area contributed by atoms with Gasteiger partial charge in [0.2, 0.25) is 0 Å². The van der Waals surface area contributed by atoms with Gasteiger partial charge in [-0.15, -0.1) is 5.73 Å². The van der Waals surface area contributed by atoms with Crippen molar-refractivity contribution < 1.29 is 0 Å². The van der Waals surface area contributed by atoms with E-state index in [9.17, 15) is 0 Å². The van der Waals surface area contributed by atoms with Crippen LogP contribution in [0, 0.1) is 0 Å². The van der Waals surface area contributed by atoms with Gasteiger partial charge < -0.3 is 0 Å². The maximum absolute atomic E-state index is 4.94. The second kappa shape index (κ2) is 6.11. The highest BCUT2D eigenvalue weighted by Gasteiger charge is 2.15. The van der Waals surface area contributed by atoms with E-state index in [0.717, 1.165) is 39.5 Å². The van der Waals surface area contributed by atoms with E-state index < -0.39 is 0 Å². The number of benzene rings is 2. The zero-order chi connectivity index (χ0) is 16.4. The molecule has 114 valence electrons. The third-order valence-electron chi connectivity index (χ3n) is 3.94. The summed E-state index contributed by atoms with van der Waals surface area (Å²) in [5.41, 5.74) is 9.95. The molecule has 1 heterocycles. The van der Waals surface area contributed by atoms with Crippen LogP contribution < -0.4 is 0 Å². The second-order valence-electron chi connectivity index (χ2n) is 5.77. The standard InChI is InChI=1S/C22H16N2/c1-16-9-8-14-19-20(15-16)24-22(18-12-6-3-7-13-18)21(23-19)17-10-4-2-5-11-17/h2-7,9-15H,1H3. The van der Waals surface area contributed by atoms with E-state index in [1.807, 2.05) is 55.5 Å². The summed E-state index contributed by atoms with van der Waals surface area (Å²) in [6.07, 6.45) is 5.91. The Morgan fingerprint density at radius 1 is 0.667 bits per heavy atom. The van der Waals surface area contributed by atoms with Gasteiger partial charge in [-0.1, -0.05) is 60.7 Å². The molecule has 0 fully saturated rings. The Morgan fingerprint density at radius 2 is 1.21 bits per heavy atom. The minimum atomic E-state index is 0.849. The van der Waals surface area contributed by atoms with E-state index in [1.165, 1.54) is 0 Å². The zero-order valence-electron chi connectivity index (χ0n) is 13.4. The van der Waals surface area contributed by atoms with Crippen molar-refractivity contribution in [1.29, 1.82) is 0 Å². The molecule has 1 aliphatic carbocycles. The van der Waals surface area contributed by atoms with Gasteiger partial charge in [-0.05, 0) is 24.6 Å². The molecule has 0 atom stereocenters. The molecule has 0 bridgehead atoms. The SMILES string of the molecule is CC1=Cc2nc(-c3ccccc3)c(-c3ccccc3)nc2C=C=C1. The van der Waals surface area contributed by atoms with Gasteiger partial charge in [-0.3, -0.25) is 0 Å². The first-order valence-corrected chi connectivity index (χ1v) is 7.95. The molecule has 0 radical (unpaired) electrons. The molecule has 2 nitrogen and oxygen atoms in total. The Kier molecular flexibility index (Phi) is 3.66. The van der Waals surface area contributed by atoms with Crippen LogP contribution in [-0.2, 0) is 0 Å². The minimum Gasteiger partial charge on any atom is -0.244 e. The molecule has 0 aliphatic heterocycles. The van der Waals surface area contributed by atoms with Crippen molar-refractivity contribution in [2.24, 2.45) is 0 Å². The van der Waals surface area contributed by atoms with E-state index in [1.54, 1.807) is 0 Å². The number of fused-ring (bicyclic) bond motifs is 1. The summed E-state index contributed by atoms with van der Waals surface area (Å²) in [5.74, 6) is 0. The van der Waals surface area contributed by atoms with Crippen LogP contribution in [0.4, 0.5) is 0 Å². The topological polar surface area (TPSA) is 25.8 Å². The molecular weight excluding hydrogens is 292 g/mol. The summed E-state index contributed by atoms with van der Waals surface area (Å²) in [4.78, 5) is 9.85. The van der Waals surface area contributed by atoms with Gasteiger partial charge in [0.15, 0.2) is 0 Å². The van der Waals surface area contributed by atoms with Gasteiger partial charge in [0.05, 0.1) is 22.8 Å². The maximum atomic E-state index is 4.94. The van der Waals surface area contributed by atoms with Gasteiger partial charge in [-0.25, -0.2) is 9.97 Å². The predicted molar refractivity (Wildman–Crippen MR) is 99.1 cm³/mol. The first kappa shape index (κ1) is 14.4. The monoisotopic (exact) mass is 308 g/mol. The van der Waals surface area contributed by atoms with Crippen molar-refractivity contribution in [2.45, 2.75) is 6.92 Å². The molecule has 1 aliphatic rings. The van der Waals surface area contributed by atoms with Gasteiger partial charge >= 0.3 is 0 Å². The number of rotatable bonds is 2. The first-order valence-electron chi connectivity index (χ1n) is 7.95. The molecule has 0 spiro atoms. The van der Waals surface area contributed by atoms with Gasteiger partial charge in [0.1, 0.15) is 0 Å². The summed E-state index contributed by atoms with van der Waals surface area (Å²) in [5, 5.41) is 0. The fraction of sp³-hybridized carbons (Fsp3) is 0.0455. The molecule has 0 saturated carbocycles. The third kappa shape index (κ3) is 2.71. The Hall–Kier alpha value is -3.22. The van der Waals surface area contributed by atoms with E-state index in [2.05, 4.69) is 36.1 Å². The van der Waals surface area contributed by atoms with Crippen molar-refractivity contribution in [3.8, 4) is 22.5 Å². The smallest absolute Gasteiger partial charge is 0.0973 e. The molecular formula is C22H16N2. The summed E-state index contributed by atoms with van der Waals surface area (Å²) < 4.78 is 0. The van der Waals surface area contributed by atoms with Crippen molar-refractivity contribution in [1.82, 2.24) is 9.97 Å². The van der Waals surface area contributed by atoms with E-state index in [4.69, 9.17) is 9.97 Å². The summed E-state index contributed by atoms with van der Waals surface area (Å²) in [6.45, 7) is 2.05. The summed E-state index contributed by atoms with van der Waals surface area (Å²) >= 11 is 0. The molecule has 1 aromatic heterocycles. The van der Waals surface area contributed by atoms with Crippen LogP contribution in [0.2, 0.25) is 0 Å². The lowest BCUT2D eigenvalue weighted by Crippen LogP contribution is -2.00. The predicted octanol–water partition coefficient (Wildman–Crippen LogP) is 5.40. The lowest BCUT2D eigenvalue weighted by atomic mass is 10.0. The lowest BCUT2D eigenvalue weighted by molar-refractivity contribution is 1.17. The number of hydrogen-bond acceptors (Lipinski definition) is 2. The Labute approximate surface area is 141 Å². The molecule has 0 saturated heterocycles. The summed E-state index contributed by atoms with van der Waals surface area (Å²) in [7, 11) is 0. The van der Waals surface area contributed by atoms with Gasteiger partial charge in [0, 0.05) is 17.2 Å². The third-order valence-corrected chi connectivity index (χ3v) is 3.94. The molecule has 2 aromatic carbocycles. The normalized spacial score (nSPS) is 12.5. The second-order valence-corrected chi connectivity index (χ2v) is 5.77. The van der Waals surface area contributed by atoms with Crippen LogP contribution in [0.5, 0.6) is 0 Å². The average Bonchev–Trinajstić information content (AvgIpc) is 2.82. The summed E-state index contributed by atoms with van der Waals surface area (Å²) in [6, 6.07) is 20.4. The lowest BCUT2D eigenvalue weighted by Gasteiger charge is -2.12. The van der Waals surface area contributed by atoms with Crippen LogP contribution in [0.1, 0.15) is 18.3 Å². The van der Waals surface area contributed by atoms with Crippen LogP contribution in [-0.4, -0.2) is 9.97 Å². The van der Waals surface area contributed by atoms with Crippen LogP contribution >= 0.6 is 0 Å². The van der Waals surface area contributed by atoms with Crippen LogP contribution in [0.15, 0.2) is 78.0 Å². The molecule has 24 heavy (non-hydrogen) atoms. The van der Waals surface area contributed by atoms with Crippen molar-refractivity contribution in [3.63, 3.8) is 0 Å². The van der Waals surface area contributed by atoms with E-state index in [-0.39, 0.29) is 0 Å². The fourth-order valence-electron chi connectivity index (χ4n) is 2.78. The molecule has 2 heteroatoms. The first-order chi connectivity index (χ1) is 11.8. The van der Waals surface area contributed by atoms with E-state index >= 15 is 0 Å². The highest BCUT2D eigenvalue weighted by molar-refractivity contribution is 5.80. The maximum Gasteiger partial charge on any atom is 0.0973 e. The minimum absolute atomic E-state index is 0.849. The van der Waals surface area contributed by atoms with Crippen molar-refractivity contribution in [3.05, 3.63) is 89.4 Å². The number of allylic oxidation sites excluding steroid dienone is 2. The Morgan fingerprint density at radius 3 is 1.79 bits per heavy atom. The molecule has 0 N–H and O–H groups in total. The van der Waals surface area contributed by atoms with Crippen LogP contribution in [0.25, 0.3) is 34.7 Å². The Bertz CT molecular complexity index is 977. The molecule has 3 aromatic rings. The quantitative estimate of drug-likeness (QED) is 0.593. The number of aromatic nitrogens is 2. The fourth-order valence-corrected chi connectivity index (χ4v) is 2.78.